The number of aliphatic imine (C=N–C) groups is 1. The van der Waals surface area contributed by atoms with E-state index in [2.05, 4.69) is 52.8 Å². The number of nitrogens with two attached hydrogens (primary N) is 4. The molecule has 15 atom stereocenters. The number of amides is 12. The van der Waals surface area contributed by atoms with Crippen molar-refractivity contribution in [2.24, 2.45) is 51.6 Å². The monoisotopic (exact) mass is 1650 g/mol. The molecule has 2 aromatic rings. The van der Waals surface area contributed by atoms with Gasteiger partial charge in [-0.3, -0.25) is 57.7 Å². The highest BCUT2D eigenvalue weighted by Gasteiger charge is 2.45. The first-order chi connectivity index (χ1) is 53.5. The molecule has 3 rings (SSSR count). The maximum Gasteiger partial charge on any atom is 0.490 e. The first kappa shape index (κ1) is 102. The van der Waals surface area contributed by atoms with Crippen LogP contribution in [0.25, 0.3) is 0 Å². The lowest BCUT2D eigenvalue weighted by molar-refractivity contribution is -0.193. The number of aliphatic carboxylic acids is 2. The number of carboxylic acid groups (broad SMARTS) is 2. The summed E-state index contributed by atoms with van der Waals surface area (Å²) in [6.45, 7) is 11.7. The van der Waals surface area contributed by atoms with Gasteiger partial charge in [-0.25, -0.2) is 19.2 Å². The van der Waals surface area contributed by atoms with Crippen LogP contribution in [0.5, 0.6) is 0 Å². The van der Waals surface area contributed by atoms with Gasteiger partial charge in [-0.2, -0.15) is 26.3 Å². The Hall–Kier alpha value is -11.1. The summed E-state index contributed by atoms with van der Waals surface area (Å²) in [5, 5.41) is 85.2. The lowest BCUT2D eigenvalue weighted by Gasteiger charge is -2.33. The fourth-order valence-electron chi connectivity index (χ4n) is 10.2. The van der Waals surface area contributed by atoms with Crippen molar-refractivity contribution in [3.05, 3.63) is 71.8 Å². The summed E-state index contributed by atoms with van der Waals surface area (Å²) in [6.07, 6.45) is -18.6. The predicted octanol–water partition coefficient (Wildman–Crippen LogP) is -3.12. The first-order valence-electron chi connectivity index (χ1n) is 36.0. The summed E-state index contributed by atoms with van der Waals surface area (Å²) in [5.74, 6) is -23.1. The fourth-order valence-corrected chi connectivity index (χ4v) is 10.2. The Morgan fingerprint density at radius 2 is 1.14 bits per heavy atom. The zero-order valence-electron chi connectivity index (χ0n) is 64.5. The minimum Gasteiger partial charge on any atom is -0.475 e. The quantitative estimate of drug-likeness (QED) is 0.0132. The maximum atomic E-state index is 15.5. The fraction of sp³-hybridized carbons (Fsp3) is 0.600. The van der Waals surface area contributed by atoms with E-state index >= 15 is 4.79 Å². The van der Waals surface area contributed by atoms with Crippen LogP contribution in [0.3, 0.4) is 0 Å². The number of guanidine groups is 1. The van der Waals surface area contributed by atoms with Crippen LogP contribution < -0.4 is 81.4 Å². The molecular weight excluding hydrogens is 1550 g/mol. The summed E-state index contributed by atoms with van der Waals surface area (Å²) in [5.41, 5.74) is 23.5. The van der Waals surface area contributed by atoms with Crippen LogP contribution in [0.1, 0.15) is 131 Å². The molecule has 0 aliphatic carbocycles. The van der Waals surface area contributed by atoms with Crippen molar-refractivity contribution in [1.82, 2.24) is 58.5 Å². The number of carbonyl (C=O) groups excluding carboxylic acids is 13. The van der Waals surface area contributed by atoms with Crippen LogP contribution in [0.15, 0.2) is 65.7 Å². The summed E-state index contributed by atoms with van der Waals surface area (Å²) in [7, 11) is 0. The molecule has 39 nitrogen and oxygen atoms in total. The second kappa shape index (κ2) is 50.2. The van der Waals surface area contributed by atoms with Gasteiger partial charge in [-0.15, -0.1) is 0 Å². The molecule has 0 radical (unpaired) electrons. The van der Waals surface area contributed by atoms with Gasteiger partial charge < -0.3 is 122 Å². The van der Waals surface area contributed by atoms with Crippen molar-refractivity contribution in [2.75, 3.05) is 26.2 Å². The number of carbonyl (C=O) groups is 15. The molecule has 0 saturated carbocycles. The molecule has 1 aliphatic rings. The number of cyclic esters (lactones) is 1. The van der Waals surface area contributed by atoms with Crippen LogP contribution in [0.2, 0.25) is 0 Å². The van der Waals surface area contributed by atoms with E-state index in [1.807, 2.05) is 16.7 Å². The number of ether oxygens (including phenoxy) is 2. The number of nitrogens with zero attached hydrogens (tertiary/aromatic N) is 1. The zero-order chi connectivity index (χ0) is 87.9. The Morgan fingerprint density at radius 1 is 0.626 bits per heavy atom. The predicted molar refractivity (Wildman–Crippen MR) is 393 cm³/mol. The first-order valence-corrected chi connectivity index (χ1v) is 36.0. The van der Waals surface area contributed by atoms with Gasteiger partial charge in [0.1, 0.15) is 54.9 Å². The molecule has 1 saturated heterocycles. The third kappa shape index (κ3) is 38.1. The molecule has 25 N–H and O–H groups in total. The van der Waals surface area contributed by atoms with Gasteiger partial charge >= 0.3 is 36.4 Å². The highest BCUT2D eigenvalue weighted by atomic mass is 19.4. The number of unbranched alkanes of at least 4 members (excludes halogenated alkanes) is 1. The molecule has 2 aromatic carbocycles. The molecule has 2 unspecified atom stereocenters. The van der Waals surface area contributed by atoms with Crippen molar-refractivity contribution in [1.29, 1.82) is 0 Å². The highest BCUT2D eigenvalue weighted by molar-refractivity contribution is 6.00. The van der Waals surface area contributed by atoms with E-state index in [-0.39, 0.29) is 75.7 Å². The Labute approximate surface area is 656 Å². The third-order valence-electron chi connectivity index (χ3n) is 16.6. The summed E-state index contributed by atoms with van der Waals surface area (Å²) in [6, 6.07) is -2.28. The van der Waals surface area contributed by atoms with Crippen molar-refractivity contribution < 1.29 is 138 Å². The van der Waals surface area contributed by atoms with Crippen molar-refractivity contribution in [3.63, 3.8) is 0 Å². The van der Waals surface area contributed by atoms with E-state index in [0.717, 1.165) is 12.5 Å². The molecule has 1 aliphatic heterocycles. The molecule has 0 aromatic heterocycles. The molecule has 115 heavy (non-hydrogen) atoms. The number of alkyl carbamates (subject to hydrolysis) is 1. The van der Waals surface area contributed by atoms with Gasteiger partial charge in [0.15, 0.2) is 24.2 Å². The molecule has 12 amide bonds. The smallest absolute Gasteiger partial charge is 0.475 e. The molecular formula is C70H106F6N16O23. The Morgan fingerprint density at radius 3 is 1.64 bits per heavy atom. The van der Waals surface area contributed by atoms with E-state index in [9.17, 15) is 104 Å². The topological polar surface area (TPSA) is 645 Å². The minimum absolute atomic E-state index is 0.0311. The van der Waals surface area contributed by atoms with Crippen molar-refractivity contribution in [3.8, 4) is 0 Å². The molecule has 0 bridgehead atoms. The second-order valence-electron chi connectivity index (χ2n) is 27.5. The van der Waals surface area contributed by atoms with Gasteiger partial charge in [0.2, 0.25) is 65.0 Å². The molecule has 45 heteroatoms. The van der Waals surface area contributed by atoms with Crippen LogP contribution in [-0.4, -0.2) is 243 Å². The number of nitrogens with one attached hydrogen (secondary N) is 11. The number of hydrogen-bond acceptors (Lipinski definition) is 23. The summed E-state index contributed by atoms with van der Waals surface area (Å²) >= 11 is 0. The lowest BCUT2D eigenvalue weighted by atomic mass is 9.95. The standard InChI is InChI=1S/C66H104N16O19.2C2HF3O2/c1-10-36(8)46-60(94)80-47(37(9)84)59(93)73-30-45(85)78-49(52(87)54(68)88)62(96)77-44(31-83)64(98)101-53(39-22-15-12-16-23-39)50(82-58(92)43(29-34(4)5)75-55(89)40(67)24-17-18-26-72-66(99)100-32-38-20-13-11-14-21-38)63(97)81-48(51(86)35(6)7)61(95)76-42(28-33(2)3)57(91)74-41(56(90)79-46)25-19-27-71-65(69)70;2*3-2(4,5)1(6)7/h11-16,20-23,33-37,40-44,46-53,83-84,86-87H,10,17-19,24-32,67H2,1-9H3,(H2,68,88)(H,72,99)(H,73,93)(H,74,91)(H,75,89)(H,76,95)(H,77,96)(H,78,85)(H,79,90)(H,80,94)(H,81,97)(H,82,92)(H4,69,70,71);2*(H,6,7)/t36-,37-,40+,41+,42-,43-,44-,46?,47?,48-,49-,50-,51+,52-,53+;;/m0../s1. The van der Waals surface area contributed by atoms with E-state index in [4.69, 9.17) is 52.2 Å². The van der Waals surface area contributed by atoms with Gasteiger partial charge in [0.25, 0.3) is 0 Å². The number of alkyl halides is 6. The van der Waals surface area contributed by atoms with Crippen LogP contribution >= 0.6 is 0 Å². The van der Waals surface area contributed by atoms with E-state index in [0.29, 0.717) is 12.8 Å². The molecule has 0 spiro atoms. The van der Waals surface area contributed by atoms with Crippen LogP contribution in [0, 0.1) is 23.7 Å². The van der Waals surface area contributed by atoms with Crippen molar-refractivity contribution >= 4 is 94.9 Å². The summed E-state index contributed by atoms with van der Waals surface area (Å²) < 4.78 is 74.7. The van der Waals surface area contributed by atoms with E-state index in [1.54, 1.807) is 65.8 Å². The Balaban J connectivity index is 0.00000429. The number of esters is 1. The molecule has 1 fully saturated rings. The van der Waals surface area contributed by atoms with Crippen LogP contribution in [-0.2, 0) is 83.2 Å². The maximum absolute atomic E-state index is 15.5. The van der Waals surface area contributed by atoms with E-state index in [1.165, 1.54) is 44.2 Å². The SMILES string of the molecule is CC[C@H](C)C1NC(=O)[C@@H](CCCN=C(N)N)NC(=O)[C@H](CC(C)C)NC(=O)[C@H]([C@H](O)C(C)C)NC(=O)[C@@H](NC(=O)[C@H](CC(C)C)NC(=O)[C@H](N)CCCCNC(=O)OCc2ccccc2)[C@@H](c2ccccc2)OC(=O)[C@H](CO)NC(=O)[C@H]([C@H](O)C(N)=O)NC(=O)CNC(=O)C([C@H](C)O)NC1=O.O=C(O)C(F)(F)F.O=C(O)C(F)(F)F. The number of aliphatic hydroxyl groups excluding tert-OH is 4. The van der Waals surface area contributed by atoms with Crippen LogP contribution in [0.4, 0.5) is 31.1 Å². The molecule has 646 valence electrons. The number of primary amides is 1. The number of benzene rings is 2. The number of hydrogen-bond donors (Lipinski definition) is 21. The van der Waals surface area contributed by atoms with Gasteiger partial charge in [0.05, 0.1) is 31.4 Å². The largest absolute Gasteiger partial charge is 0.490 e. The van der Waals surface area contributed by atoms with Gasteiger partial charge in [-0.05, 0) is 86.7 Å². The Bertz CT molecular complexity index is 3560. The normalized spacial score (nSPS) is 21.7. The Kier molecular flexibility index (Phi) is 44.5. The van der Waals surface area contributed by atoms with E-state index < -0.39 is 217 Å². The lowest BCUT2D eigenvalue weighted by Crippen LogP contribution is -2.64. The average molecular weight is 1650 g/mol. The second-order valence-corrected chi connectivity index (χ2v) is 27.5. The molecule has 1 heterocycles. The zero-order valence-corrected chi connectivity index (χ0v) is 64.5. The minimum atomic E-state index is -5.08. The van der Waals surface area contributed by atoms with Gasteiger partial charge in [0, 0.05) is 13.1 Å². The number of aliphatic hydroxyl groups is 4. The summed E-state index contributed by atoms with van der Waals surface area (Å²) in [4.78, 5) is 205. The van der Waals surface area contributed by atoms with Gasteiger partial charge in [-0.1, -0.05) is 122 Å². The number of halogens is 6. The number of carboxylic acids is 2. The third-order valence-corrected chi connectivity index (χ3v) is 16.6. The average Bonchev–Trinajstić information content (AvgIpc) is 0.809. The highest BCUT2D eigenvalue weighted by Crippen LogP contribution is 2.25. The number of rotatable bonds is 28. The van der Waals surface area contributed by atoms with Crippen molar-refractivity contribution in [2.45, 2.75) is 217 Å².